The van der Waals surface area contributed by atoms with E-state index < -0.39 is 86.2 Å². The molecule has 1 aliphatic heterocycles. The molecule has 2 unspecified atom stereocenters. The zero-order chi connectivity index (χ0) is 35.3. The first kappa shape index (κ1) is 40.0. The van der Waals surface area contributed by atoms with Gasteiger partial charge in [-0.05, 0) is 36.6 Å². The summed E-state index contributed by atoms with van der Waals surface area (Å²) in [7, 11) is 2.62. The van der Waals surface area contributed by atoms with E-state index in [1.165, 1.54) is 21.1 Å². The standard InChI is InChI=1S/C29H46N3O14PS/c1-17(34)31-22-24(36)23(35)21(14-33)45-27(22)42-12-8-7-11-30-28(37)32-20-13-19(25(26(20)40-2)46-47(39,48)41-3)16-44-29(38)43-15-18-9-5-4-6-10-18/h4-6,9-10,19-27,33,35-36H,7-8,11-16H2,1-3H3,(H,31,34)(H,39,48)(H2,30,32,37)/t19-,20-,21-,22-,23+,24-,25?,26-,27-,47?/m1/s1. The molecule has 48 heavy (non-hydrogen) atoms. The SMILES string of the molecule is CO[C@H]1C(OP(O)(=S)OC)[C@@H](COC(=O)OCc2ccccc2)C[C@H]1NC(=O)NCCCCO[C@@H]1O[C@H](CO)[C@H](O)[C@H](O)[C@H]1NC(C)=O. The van der Waals surface area contributed by atoms with Crippen LogP contribution < -0.4 is 16.0 Å². The highest BCUT2D eigenvalue weighted by Crippen LogP contribution is 2.48. The van der Waals surface area contributed by atoms with Crippen molar-refractivity contribution < 1.29 is 67.3 Å². The fourth-order valence-electron chi connectivity index (χ4n) is 5.43. The molecular formula is C29H46N3O14PS. The number of hydrogen-bond donors (Lipinski definition) is 7. The van der Waals surface area contributed by atoms with E-state index in [9.17, 15) is 34.6 Å². The van der Waals surface area contributed by atoms with Crippen LogP contribution in [0.25, 0.3) is 0 Å². The topological polar surface area (TPSA) is 233 Å². The van der Waals surface area contributed by atoms with Crippen LogP contribution in [0.15, 0.2) is 30.3 Å². The Bertz CT molecular complexity index is 1220. The number of ether oxygens (including phenoxy) is 5. The lowest BCUT2D eigenvalue weighted by Crippen LogP contribution is -2.64. The average molecular weight is 724 g/mol. The molecule has 272 valence electrons. The second-order valence-corrected chi connectivity index (χ2v) is 14.2. The number of methoxy groups -OCH3 is 1. The van der Waals surface area contributed by atoms with Crippen LogP contribution >= 0.6 is 6.72 Å². The Morgan fingerprint density at radius 1 is 1.04 bits per heavy atom. The molecule has 7 N–H and O–H groups in total. The van der Waals surface area contributed by atoms with Gasteiger partial charge in [0, 0.05) is 40.2 Å². The summed E-state index contributed by atoms with van der Waals surface area (Å²) in [5, 5.41) is 38.0. The maximum atomic E-state index is 12.8. The van der Waals surface area contributed by atoms with Crippen molar-refractivity contribution in [1.82, 2.24) is 16.0 Å². The van der Waals surface area contributed by atoms with Gasteiger partial charge in [-0.2, -0.15) is 0 Å². The van der Waals surface area contributed by atoms with E-state index >= 15 is 0 Å². The molecule has 1 saturated carbocycles. The molecule has 3 amide bonds. The Balaban J connectivity index is 1.47. The molecule has 2 fully saturated rings. The lowest BCUT2D eigenvalue weighted by Gasteiger charge is -2.42. The first-order chi connectivity index (χ1) is 22.9. The molecule has 0 radical (unpaired) electrons. The van der Waals surface area contributed by atoms with Gasteiger partial charge < -0.3 is 68.9 Å². The highest BCUT2D eigenvalue weighted by molar-refractivity contribution is 8.07. The van der Waals surface area contributed by atoms with Crippen LogP contribution in [0, 0.1) is 5.92 Å². The highest BCUT2D eigenvalue weighted by atomic mass is 32.5. The van der Waals surface area contributed by atoms with Crippen LogP contribution in [0.3, 0.4) is 0 Å². The summed E-state index contributed by atoms with van der Waals surface area (Å²) in [6.07, 6.45) is -6.41. The molecule has 0 bridgehead atoms. The number of unbranched alkanes of at least 4 members (excludes halogenated alkanes) is 1. The van der Waals surface area contributed by atoms with E-state index in [4.69, 9.17) is 44.5 Å². The van der Waals surface area contributed by atoms with Crippen LogP contribution in [0.4, 0.5) is 9.59 Å². The minimum Gasteiger partial charge on any atom is -0.434 e. The second-order valence-electron chi connectivity index (χ2n) is 11.3. The first-order valence-corrected chi connectivity index (χ1v) is 18.0. The number of carbonyl (C=O) groups is 3. The number of amides is 3. The predicted molar refractivity (Wildman–Crippen MR) is 171 cm³/mol. The van der Waals surface area contributed by atoms with Crippen molar-refractivity contribution in [2.75, 3.05) is 40.6 Å². The molecule has 10 atom stereocenters. The van der Waals surface area contributed by atoms with Crippen LogP contribution in [0.5, 0.6) is 0 Å². The van der Waals surface area contributed by atoms with E-state index in [-0.39, 0.29) is 32.8 Å². The van der Waals surface area contributed by atoms with Gasteiger partial charge in [0.2, 0.25) is 5.91 Å². The zero-order valence-corrected chi connectivity index (χ0v) is 28.7. The summed E-state index contributed by atoms with van der Waals surface area (Å²) in [6.45, 7) is -2.74. The van der Waals surface area contributed by atoms with Crippen LogP contribution in [-0.4, -0.2) is 128 Å². The van der Waals surface area contributed by atoms with Crippen molar-refractivity contribution in [3.63, 3.8) is 0 Å². The summed E-state index contributed by atoms with van der Waals surface area (Å²) in [6, 6.07) is 6.90. The van der Waals surface area contributed by atoms with Crippen LogP contribution in [0.1, 0.15) is 31.7 Å². The van der Waals surface area contributed by atoms with Crippen molar-refractivity contribution in [2.45, 2.75) is 81.7 Å². The summed E-state index contributed by atoms with van der Waals surface area (Å²) in [4.78, 5) is 47.0. The Morgan fingerprint density at radius 2 is 1.77 bits per heavy atom. The summed E-state index contributed by atoms with van der Waals surface area (Å²) < 4.78 is 38.0. The Morgan fingerprint density at radius 3 is 2.42 bits per heavy atom. The molecule has 1 heterocycles. The van der Waals surface area contributed by atoms with E-state index in [0.717, 1.165) is 5.56 Å². The van der Waals surface area contributed by atoms with Crippen molar-refractivity contribution in [1.29, 1.82) is 0 Å². The van der Waals surface area contributed by atoms with Crippen molar-refractivity contribution >= 4 is 36.6 Å². The molecule has 1 aromatic rings. The van der Waals surface area contributed by atoms with Gasteiger partial charge in [0.15, 0.2) is 6.29 Å². The summed E-state index contributed by atoms with van der Waals surface area (Å²) in [5.74, 6) is -1.00. The summed E-state index contributed by atoms with van der Waals surface area (Å²) >= 11 is 5.04. The molecule has 19 heteroatoms. The third-order valence-electron chi connectivity index (χ3n) is 7.82. The molecule has 1 saturated heterocycles. The lowest BCUT2D eigenvalue weighted by molar-refractivity contribution is -0.270. The van der Waals surface area contributed by atoms with Gasteiger partial charge in [0.1, 0.15) is 49.8 Å². The van der Waals surface area contributed by atoms with Crippen LogP contribution in [0.2, 0.25) is 0 Å². The van der Waals surface area contributed by atoms with Gasteiger partial charge in [-0.3, -0.25) is 4.79 Å². The monoisotopic (exact) mass is 723 g/mol. The number of carbonyl (C=O) groups excluding carboxylic acids is 3. The molecule has 2 aliphatic rings. The molecule has 1 aromatic carbocycles. The third-order valence-corrected chi connectivity index (χ3v) is 9.50. The van der Waals surface area contributed by atoms with Crippen molar-refractivity contribution in [3.8, 4) is 0 Å². The van der Waals surface area contributed by atoms with Gasteiger partial charge >= 0.3 is 18.9 Å². The van der Waals surface area contributed by atoms with Gasteiger partial charge in [-0.15, -0.1) is 0 Å². The van der Waals surface area contributed by atoms with E-state index in [0.29, 0.717) is 12.8 Å². The van der Waals surface area contributed by atoms with Gasteiger partial charge in [0.25, 0.3) is 0 Å². The Labute approximate surface area is 283 Å². The molecule has 0 spiro atoms. The quantitative estimate of drug-likeness (QED) is 0.0639. The molecular weight excluding hydrogens is 677 g/mol. The average Bonchev–Trinajstić information content (AvgIpc) is 3.38. The first-order valence-electron chi connectivity index (χ1n) is 15.4. The molecule has 3 rings (SSSR count). The van der Waals surface area contributed by atoms with Crippen molar-refractivity contribution in [3.05, 3.63) is 35.9 Å². The Kier molecular flexibility index (Phi) is 16.3. The smallest absolute Gasteiger partial charge is 0.434 e. The largest absolute Gasteiger partial charge is 0.508 e. The van der Waals surface area contributed by atoms with Crippen LogP contribution in [-0.2, 0) is 55.9 Å². The number of aliphatic hydroxyl groups excluding tert-OH is 3. The Hall–Kier alpha value is -2.48. The highest BCUT2D eigenvalue weighted by Gasteiger charge is 2.48. The summed E-state index contributed by atoms with van der Waals surface area (Å²) in [5.41, 5.74) is 0.783. The number of aliphatic hydroxyl groups is 3. The minimum atomic E-state index is -3.66. The lowest BCUT2D eigenvalue weighted by atomic mass is 9.97. The fourth-order valence-corrected chi connectivity index (χ4v) is 6.41. The van der Waals surface area contributed by atoms with E-state index in [2.05, 4.69) is 16.0 Å². The number of rotatable bonds is 17. The number of hydrogen-bond acceptors (Lipinski definition) is 14. The number of benzene rings is 1. The van der Waals surface area contributed by atoms with E-state index in [1.54, 1.807) is 12.1 Å². The third kappa shape index (κ3) is 12.1. The fraction of sp³-hybridized carbons (Fsp3) is 0.690. The maximum absolute atomic E-state index is 12.8. The molecule has 0 aromatic heterocycles. The number of nitrogens with one attached hydrogen (secondary N) is 3. The van der Waals surface area contributed by atoms with Crippen molar-refractivity contribution in [2.24, 2.45) is 5.92 Å². The van der Waals surface area contributed by atoms with Gasteiger partial charge in [-0.25, -0.2) is 9.59 Å². The van der Waals surface area contributed by atoms with Gasteiger partial charge in [-0.1, -0.05) is 30.3 Å². The second kappa shape index (κ2) is 19.6. The number of urea groups is 1. The minimum absolute atomic E-state index is 0.0198. The van der Waals surface area contributed by atoms with Gasteiger partial charge in [0.05, 0.1) is 12.6 Å². The zero-order valence-electron chi connectivity index (χ0n) is 27.0. The molecule has 17 nitrogen and oxygen atoms in total. The normalized spacial score (nSPS) is 29.8. The maximum Gasteiger partial charge on any atom is 0.508 e. The molecule has 1 aliphatic carbocycles. The predicted octanol–water partition coefficient (Wildman–Crippen LogP) is 0.0314. The van der Waals surface area contributed by atoms with E-state index in [1.807, 2.05) is 18.2 Å².